The Bertz CT molecular complexity index is 638. The second-order valence-corrected chi connectivity index (χ2v) is 7.38. The van der Waals surface area contributed by atoms with Crippen molar-refractivity contribution in [1.82, 2.24) is 30.2 Å². The maximum absolute atomic E-state index is 5.27. The van der Waals surface area contributed by atoms with Crippen molar-refractivity contribution in [1.29, 1.82) is 0 Å². The molecule has 134 valence electrons. The van der Waals surface area contributed by atoms with Gasteiger partial charge in [0, 0.05) is 25.9 Å². The van der Waals surface area contributed by atoms with Crippen LogP contribution in [0, 0.1) is 5.92 Å². The molecule has 2 aromatic heterocycles. The van der Waals surface area contributed by atoms with E-state index in [1.165, 1.54) is 12.8 Å². The van der Waals surface area contributed by atoms with Crippen LogP contribution in [0.4, 0.5) is 0 Å². The number of thioether (sulfide) groups is 1. The normalized spacial score (nSPS) is 17.9. The van der Waals surface area contributed by atoms with Crippen LogP contribution in [0.5, 0.6) is 0 Å². The largest absolute Gasteiger partial charge is 0.339 e. The third-order valence-electron chi connectivity index (χ3n) is 3.95. The summed E-state index contributed by atoms with van der Waals surface area (Å²) in [6.07, 6.45) is 3.19. The number of halogens is 1. The van der Waals surface area contributed by atoms with E-state index in [0.29, 0.717) is 23.5 Å². The first-order valence-electron chi connectivity index (χ1n) is 8.17. The highest BCUT2D eigenvalue weighted by Gasteiger charge is 2.22. The Kier molecular flexibility index (Phi) is 7.06. The maximum atomic E-state index is 5.27. The fourth-order valence-electron chi connectivity index (χ4n) is 2.79. The van der Waals surface area contributed by atoms with Gasteiger partial charge in [0.1, 0.15) is 5.82 Å². The van der Waals surface area contributed by atoms with Crippen molar-refractivity contribution >= 4 is 24.2 Å². The number of rotatable bonds is 6. The Morgan fingerprint density at radius 1 is 1.38 bits per heavy atom. The fraction of sp³-hybridized carbons (Fsp3) is 0.733. The average Bonchev–Trinajstić information content (AvgIpc) is 3.12. The Labute approximate surface area is 152 Å². The van der Waals surface area contributed by atoms with Crippen LogP contribution >= 0.6 is 24.2 Å². The van der Waals surface area contributed by atoms with Gasteiger partial charge in [-0.25, -0.2) is 0 Å². The molecular weight excluding hydrogens is 348 g/mol. The molecule has 9 heteroatoms. The molecule has 1 saturated heterocycles. The fourth-order valence-corrected chi connectivity index (χ4v) is 3.55. The number of piperidine rings is 1. The maximum Gasteiger partial charge on any atom is 0.226 e. The summed E-state index contributed by atoms with van der Waals surface area (Å²) in [6, 6.07) is 0. The molecule has 0 aromatic carbocycles. The van der Waals surface area contributed by atoms with Gasteiger partial charge in [-0.05, 0) is 25.3 Å². The highest BCUT2D eigenvalue weighted by atomic mass is 35.5. The molecule has 1 N–H and O–H groups in total. The van der Waals surface area contributed by atoms with Gasteiger partial charge < -0.3 is 14.4 Å². The van der Waals surface area contributed by atoms with E-state index in [-0.39, 0.29) is 12.4 Å². The summed E-state index contributed by atoms with van der Waals surface area (Å²) in [7, 11) is 2.03. The average molecular weight is 373 g/mol. The summed E-state index contributed by atoms with van der Waals surface area (Å²) in [5, 5.41) is 17.1. The van der Waals surface area contributed by atoms with Crippen molar-refractivity contribution in [3.05, 3.63) is 17.5 Å². The van der Waals surface area contributed by atoms with Crippen LogP contribution < -0.4 is 5.32 Å². The van der Waals surface area contributed by atoms with Crippen molar-refractivity contribution < 1.29 is 4.52 Å². The lowest BCUT2D eigenvalue weighted by Gasteiger charge is -2.21. The summed E-state index contributed by atoms with van der Waals surface area (Å²) in [5.74, 6) is 4.11. The molecule has 7 nitrogen and oxygen atoms in total. The van der Waals surface area contributed by atoms with E-state index in [9.17, 15) is 0 Å². The topological polar surface area (TPSA) is 81.7 Å². The van der Waals surface area contributed by atoms with E-state index in [1.54, 1.807) is 11.8 Å². The molecule has 0 bridgehead atoms. The highest BCUT2D eigenvalue weighted by Crippen LogP contribution is 2.26. The molecule has 0 saturated carbocycles. The quantitative estimate of drug-likeness (QED) is 0.780. The second kappa shape index (κ2) is 8.82. The molecule has 3 heterocycles. The first-order chi connectivity index (χ1) is 11.1. The van der Waals surface area contributed by atoms with Crippen LogP contribution in [-0.4, -0.2) is 38.0 Å². The van der Waals surface area contributed by atoms with E-state index in [4.69, 9.17) is 4.52 Å². The lowest BCUT2D eigenvalue weighted by atomic mass is 9.99. The molecule has 1 atom stereocenters. The molecule has 0 radical (unpaired) electrons. The first kappa shape index (κ1) is 19.2. The van der Waals surface area contributed by atoms with Crippen LogP contribution in [0.2, 0.25) is 0 Å². The number of aromatic nitrogens is 5. The van der Waals surface area contributed by atoms with Gasteiger partial charge in [-0.2, -0.15) is 4.98 Å². The van der Waals surface area contributed by atoms with E-state index in [1.807, 2.05) is 7.05 Å². The molecule has 1 aliphatic rings. The zero-order valence-electron chi connectivity index (χ0n) is 14.4. The minimum atomic E-state index is 0. The monoisotopic (exact) mass is 372 g/mol. The van der Waals surface area contributed by atoms with Crippen molar-refractivity contribution in [2.24, 2.45) is 13.0 Å². The molecule has 1 fully saturated rings. The Morgan fingerprint density at radius 3 is 2.92 bits per heavy atom. The standard InChI is InChI=1S/C15H24N6OS.ClH/c1-10(2)7-13-17-12(20-22-13)9-23-15-19-18-14(21(15)3)11-5-4-6-16-8-11;/h10-11,16H,4-9H2,1-3H3;1H. The third kappa shape index (κ3) is 4.70. The van der Waals surface area contributed by atoms with Crippen LogP contribution in [0.25, 0.3) is 0 Å². The predicted molar refractivity (Wildman–Crippen MR) is 95.5 cm³/mol. The minimum absolute atomic E-state index is 0. The van der Waals surface area contributed by atoms with Gasteiger partial charge >= 0.3 is 0 Å². The summed E-state index contributed by atoms with van der Waals surface area (Å²) < 4.78 is 7.36. The smallest absolute Gasteiger partial charge is 0.226 e. The number of nitrogens with zero attached hydrogens (tertiary/aromatic N) is 5. The SMILES string of the molecule is CC(C)Cc1nc(CSc2nnc(C3CCCNC3)n2C)no1.Cl. The van der Waals surface area contributed by atoms with Gasteiger partial charge in [0.05, 0.1) is 5.75 Å². The van der Waals surface area contributed by atoms with Gasteiger partial charge in [-0.1, -0.05) is 30.8 Å². The van der Waals surface area contributed by atoms with Crippen molar-refractivity contribution in [3.63, 3.8) is 0 Å². The van der Waals surface area contributed by atoms with E-state index >= 15 is 0 Å². The molecule has 0 spiro atoms. The van der Waals surface area contributed by atoms with Crippen molar-refractivity contribution in [2.45, 2.75) is 49.9 Å². The zero-order chi connectivity index (χ0) is 16.2. The molecule has 1 aliphatic heterocycles. The zero-order valence-corrected chi connectivity index (χ0v) is 16.0. The lowest BCUT2D eigenvalue weighted by Crippen LogP contribution is -2.29. The van der Waals surface area contributed by atoms with Gasteiger partial charge in [0.25, 0.3) is 0 Å². The summed E-state index contributed by atoms with van der Waals surface area (Å²) >= 11 is 1.60. The Morgan fingerprint density at radius 2 is 2.21 bits per heavy atom. The van der Waals surface area contributed by atoms with Gasteiger partial charge in [-0.15, -0.1) is 22.6 Å². The second-order valence-electron chi connectivity index (χ2n) is 6.43. The third-order valence-corrected chi connectivity index (χ3v) is 4.97. The van der Waals surface area contributed by atoms with E-state index < -0.39 is 0 Å². The lowest BCUT2D eigenvalue weighted by molar-refractivity contribution is 0.360. The van der Waals surface area contributed by atoms with Gasteiger partial charge in [0.15, 0.2) is 11.0 Å². The van der Waals surface area contributed by atoms with Crippen LogP contribution in [0.1, 0.15) is 50.1 Å². The number of hydrogen-bond acceptors (Lipinski definition) is 7. The highest BCUT2D eigenvalue weighted by molar-refractivity contribution is 7.98. The predicted octanol–water partition coefficient (Wildman–Crippen LogP) is 2.58. The van der Waals surface area contributed by atoms with E-state index in [0.717, 1.165) is 36.3 Å². The van der Waals surface area contributed by atoms with Gasteiger partial charge in [-0.3, -0.25) is 0 Å². The molecule has 24 heavy (non-hydrogen) atoms. The molecular formula is C15H25ClN6OS. The Balaban J connectivity index is 0.00000208. The number of hydrogen-bond donors (Lipinski definition) is 1. The van der Waals surface area contributed by atoms with Crippen LogP contribution in [-0.2, 0) is 19.2 Å². The Hall–Kier alpha value is -1.12. The molecule has 3 rings (SSSR count). The first-order valence-corrected chi connectivity index (χ1v) is 9.16. The number of nitrogens with one attached hydrogen (secondary N) is 1. The minimum Gasteiger partial charge on any atom is -0.339 e. The van der Waals surface area contributed by atoms with Crippen LogP contribution in [0.15, 0.2) is 9.68 Å². The van der Waals surface area contributed by atoms with Crippen molar-refractivity contribution in [3.8, 4) is 0 Å². The summed E-state index contributed by atoms with van der Waals surface area (Å²) in [5.41, 5.74) is 0. The molecule has 2 aromatic rings. The molecule has 0 aliphatic carbocycles. The summed E-state index contributed by atoms with van der Waals surface area (Å²) in [6.45, 7) is 6.37. The molecule has 0 amide bonds. The van der Waals surface area contributed by atoms with Gasteiger partial charge in [0.2, 0.25) is 5.89 Å². The summed E-state index contributed by atoms with van der Waals surface area (Å²) in [4.78, 5) is 4.43. The van der Waals surface area contributed by atoms with Crippen molar-refractivity contribution in [2.75, 3.05) is 13.1 Å². The van der Waals surface area contributed by atoms with Crippen LogP contribution in [0.3, 0.4) is 0 Å². The van der Waals surface area contributed by atoms with E-state index in [2.05, 4.69) is 44.1 Å². The molecule has 1 unspecified atom stereocenters.